The van der Waals surface area contributed by atoms with E-state index in [9.17, 15) is 30.0 Å². The summed E-state index contributed by atoms with van der Waals surface area (Å²) in [5.74, 6) is -0.555. The van der Waals surface area contributed by atoms with E-state index in [2.05, 4.69) is 6.92 Å². The molecule has 8 atom stereocenters. The highest BCUT2D eigenvalue weighted by molar-refractivity contribution is 5.83. The summed E-state index contributed by atoms with van der Waals surface area (Å²) in [5.41, 5.74) is 0. The number of aliphatic hydroxyl groups excluding tert-OH is 4. The molecule has 2 rings (SSSR count). The second-order valence-electron chi connectivity index (χ2n) is 13.5. The highest BCUT2D eigenvalue weighted by Gasteiger charge is 2.35. The van der Waals surface area contributed by atoms with Gasteiger partial charge in [0.2, 0.25) is 0 Å². The average molecular weight is 613 g/mol. The number of cyclic esters (lactones) is 1. The first-order chi connectivity index (χ1) is 20.7. The molecule has 2 saturated heterocycles. The van der Waals surface area contributed by atoms with E-state index in [0.29, 0.717) is 32.1 Å². The van der Waals surface area contributed by atoms with Crippen LogP contribution in [0.3, 0.4) is 0 Å². The number of esters is 1. The standard InChI is InChI=1S/C35H64O8/c1-3-4-5-6-7-8-9-10-11-14-19-31(39)33-22-23-34(43-33)32(40)21-16-20-30(38)29(37)18-15-12-13-17-28-25-27(24-26(2)36)35(41)42-28/h27-34,37-40H,3-25H2,1-2H3/t27-,28-,29?,30?,31-,32-,33-,34-/m1/s1. The van der Waals surface area contributed by atoms with Crippen molar-refractivity contribution in [1.82, 2.24) is 0 Å². The van der Waals surface area contributed by atoms with Gasteiger partial charge in [-0.1, -0.05) is 84.0 Å². The third-order valence-corrected chi connectivity index (χ3v) is 9.46. The van der Waals surface area contributed by atoms with Gasteiger partial charge >= 0.3 is 5.97 Å². The number of hydrogen-bond donors (Lipinski definition) is 4. The lowest BCUT2D eigenvalue weighted by molar-refractivity contribution is -0.145. The molecule has 0 aromatic rings. The molecule has 0 aromatic heterocycles. The smallest absolute Gasteiger partial charge is 0.309 e. The number of rotatable bonds is 26. The molecule has 4 N–H and O–H groups in total. The number of ether oxygens (including phenoxy) is 2. The van der Waals surface area contributed by atoms with Gasteiger partial charge < -0.3 is 34.7 Å². The van der Waals surface area contributed by atoms with Crippen molar-refractivity contribution in [3.63, 3.8) is 0 Å². The summed E-state index contributed by atoms with van der Waals surface area (Å²) in [6.45, 7) is 3.74. The highest BCUT2D eigenvalue weighted by atomic mass is 16.6. The number of Topliss-reactive ketones (excluding diaryl/α,β-unsaturated/α-hetero) is 1. The van der Waals surface area contributed by atoms with Crippen molar-refractivity contribution < 1.29 is 39.5 Å². The first-order valence-electron chi connectivity index (χ1n) is 17.8. The van der Waals surface area contributed by atoms with Crippen molar-refractivity contribution in [1.29, 1.82) is 0 Å². The maximum Gasteiger partial charge on any atom is 0.309 e. The van der Waals surface area contributed by atoms with E-state index in [1.807, 2.05) is 0 Å². The minimum atomic E-state index is -0.824. The van der Waals surface area contributed by atoms with Crippen molar-refractivity contribution in [2.45, 2.75) is 204 Å². The molecule has 2 aliphatic heterocycles. The Morgan fingerprint density at radius 3 is 1.79 bits per heavy atom. The molecule has 0 saturated carbocycles. The second-order valence-corrected chi connectivity index (χ2v) is 13.5. The summed E-state index contributed by atoms with van der Waals surface area (Å²) < 4.78 is 11.4. The average Bonchev–Trinajstić information content (AvgIpc) is 3.60. The Morgan fingerprint density at radius 2 is 1.21 bits per heavy atom. The van der Waals surface area contributed by atoms with Gasteiger partial charge in [0.25, 0.3) is 0 Å². The molecule has 0 aromatic carbocycles. The van der Waals surface area contributed by atoms with Gasteiger partial charge in [-0.15, -0.1) is 0 Å². The monoisotopic (exact) mass is 612 g/mol. The van der Waals surface area contributed by atoms with Gasteiger partial charge in [0, 0.05) is 6.42 Å². The Balaban J connectivity index is 1.46. The van der Waals surface area contributed by atoms with Crippen molar-refractivity contribution >= 4 is 11.8 Å². The molecule has 43 heavy (non-hydrogen) atoms. The molecule has 0 bridgehead atoms. The Bertz CT molecular complexity index is 745. The fourth-order valence-corrected chi connectivity index (χ4v) is 6.70. The Kier molecular flexibility index (Phi) is 19.9. The predicted molar refractivity (Wildman–Crippen MR) is 169 cm³/mol. The van der Waals surface area contributed by atoms with Crippen LogP contribution in [-0.2, 0) is 19.1 Å². The van der Waals surface area contributed by atoms with E-state index in [4.69, 9.17) is 9.47 Å². The lowest BCUT2D eigenvalue weighted by Gasteiger charge is -2.23. The molecular weight excluding hydrogens is 548 g/mol. The zero-order chi connectivity index (χ0) is 31.5. The SMILES string of the molecule is CCCCCCCCCCCC[C@@H](O)[C@H]1CC[C@H]([C@H](O)CCCC(O)C(O)CCCCC[C@@H]2C[C@@H](CC(C)=O)C(=O)O2)O1. The Morgan fingerprint density at radius 1 is 0.721 bits per heavy atom. The number of aliphatic hydroxyl groups is 4. The lowest BCUT2D eigenvalue weighted by Crippen LogP contribution is -2.31. The molecular formula is C35H64O8. The van der Waals surface area contributed by atoms with Crippen LogP contribution in [0.4, 0.5) is 0 Å². The van der Waals surface area contributed by atoms with Crippen LogP contribution < -0.4 is 0 Å². The third kappa shape index (κ3) is 16.2. The number of unbranched alkanes of at least 4 members (excludes halogenated alkanes) is 11. The summed E-state index contributed by atoms with van der Waals surface area (Å²) in [6, 6.07) is 0. The third-order valence-electron chi connectivity index (χ3n) is 9.46. The van der Waals surface area contributed by atoms with Crippen LogP contribution in [0, 0.1) is 5.92 Å². The summed E-state index contributed by atoms with van der Waals surface area (Å²) in [5, 5.41) is 42.0. The van der Waals surface area contributed by atoms with Gasteiger partial charge in [-0.3, -0.25) is 4.79 Å². The van der Waals surface area contributed by atoms with Crippen molar-refractivity contribution in [2.75, 3.05) is 0 Å². The molecule has 0 amide bonds. The minimum absolute atomic E-state index is 0.00928. The van der Waals surface area contributed by atoms with Gasteiger partial charge in [-0.05, 0) is 71.1 Å². The fraction of sp³-hybridized carbons (Fsp3) is 0.943. The predicted octanol–water partition coefficient (Wildman–Crippen LogP) is 6.32. The van der Waals surface area contributed by atoms with Gasteiger partial charge in [0.1, 0.15) is 11.9 Å². The van der Waals surface area contributed by atoms with Crippen LogP contribution in [0.15, 0.2) is 0 Å². The Hall–Kier alpha value is -1.06. The van der Waals surface area contributed by atoms with Gasteiger partial charge in [0.05, 0.1) is 42.5 Å². The number of hydrogen-bond acceptors (Lipinski definition) is 8. The molecule has 252 valence electrons. The Labute approximate surface area is 261 Å². The summed E-state index contributed by atoms with van der Waals surface area (Å²) in [7, 11) is 0. The highest BCUT2D eigenvalue weighted by Crippen LogP contribution is 2.29. The van der Waals surface area contributed by atoms with Crippen LogP contribution in [0.5, 0.6) is 0 Å². The number of carbonyl (C=O) groups is 2. The molecule has 0 radical (unpaired) electrons. The van der Waals surface area contributed by atoms with Crippen LogP contribution in [0.2, 0.25) is 0 Å². The summed E-state index contributed by atoms with van der Waals surface area (Å²) in [6.07, 6.45) is 17.8. The summed E-state index contributed by atoms with van der Waals surface area (Å²) in [4.78, 5) is 23.1. The maximum absolute atomic E-state index is 11.8. The second kappa shape index (κ2) is 22.4. The van der Waals surface area contributed by atoms with Crippen molar-refractivity contribution in [3.8, 4) is 0 Å². The molecule has 8 heteroatoms. The molecule has 2 unspecified atom stereocenters. The zero-order valence-electron chi connectivity index (χ0n) is 27.3. The minimum Gasteiger partial charge on any atom is -0.462 e. The molecule has 2 heterocycles. The van der Waals surface area contributed by atoms with Crippen molar-refractivity contribution in [3.05, 3.63) is 0 Å². The lowest BCUT2D eigenvalue weighted by atomic mass is 9.96. The normalized spacial score (nSPS) is 25.0. The van der Waals surface area contributed by atoms with Crippen LogP contribution >= 0.6 is 0 Å². The van der Waals surface area contributed by atoms with Crippen LogP contribution in [0.1, 0.15) is 162 Å². The zero-order valence-corrected chi connectivity index (χ0v) is 27.3. The van der Waals surface area contributed by atoms with Crippen LogP contribution in [-0.4, -0.2) is 74.9 Å². The van der Waals surface area contributed by atoms with E-state index in [0.717, 1.165) is 57.8 Å². The maximum atomic E-state index is 11.8. The van der Waals surface area contributed by atoms with Gasteiger partial charge in [-0.25, -0.2) is 0 Å². The van der Waals surface area contributed by atoms with Crippen LogP contribution in [0.25, 0.3) is 0 Å². The molecule has 2 aliphatic rings. The van der Waals surface area contributed by atoms with Gasteiger partial charge in [-0.2, -0.15) is 0 Å². The molecule has 0 spiro atoms. The first-order valence-corrected chi connectivity index (χ1v) is 17.8. The molecule has 8 nitrogen and oxygen atoms in total. The first kappa shape index (κ1) is 38.1. The quantitative estimate of drug-likeness (QED) is 0.0659. The van der Waals surface area contributed by atoms with E-state index < -0.39 is 24.4 Å². The number of ketones is 1. The molecule has 2 fully saturated rings. The van der Waals surface area contributed by atoms with E-state index >= 15 is 0 Å². The van der Waals surface area contributed by atoms with E-state index in [1.165, 1.54) is 58.3 Å². The number of carbonyl (C=O) groups excluding carboxylic acids is 2. The largest absolute Gasteiger partial charge is 0.462 e. The van der Waals surface area contributed by atoms with Gasteiger partial charge in [0.15, 0.2) is 0 Å². The fourth-order valence-electron chi connectivity index (χ4n) is 6.70. The molecule has 0 aliphatic carbocycles. The topological polar surface area (TPSA) is 134 Å². The van der Waals surface area contributed by atoms with E-state index in [-0.39, 0.29) is 42.4 Å². The summed E-state index contributed by atoms with van der Waals surface area (Å²) >= 11 is 0. The van der Waals surface area contributed by atoms with E-state index in [1.54, 1.807) is 0 Å². The van der Waals surface area contributed by atoms with Crippen molar-refractivity contribution in [2.24, 2.45) is 5.92 Å².